The van der Waals surface area contributed by atoms with E-state index in [2.05, 4.69) is 35.8 Å². The van der Waals surface area contributed by atoms with Crippen LogP contribution in [0.25, 0.3) is 0 Å². The first-order chi connectivity index (χ1) is 8.76. The van der Waals surface area contributed by atoms with Crippen molar-refractivity contribution in [2.24, 2.45) is 0 Å². The van der Waals surface area contributed by atoms with Crippen molar-refractivity contribution in [3.05, 3.63) is 12.2 Å². The van der Waals surface area contributed by atoms with Crippen LogP contribution in [0.1, 0.15) is 45.9 Å². The van der Waals surface area contributed by atoms with Crippen molar-refractivity contribution in [3.8, 4) is 0 Å². The van der Waals surface area contributed by atoms with Crippen LogP contribution in [-0.2, 0) is 13.1 Å². The van der Waals surface area contributed by atoms with E-state index in [0.717, 1.165) is 44.7 Å². The van der Waals surface area contributed by atoms with Crippen molar-refractivity contribution < 1.29 is 0 Å². The third kappa shape index (κ3) is 4.25. The zero-order valence-corrected chi connectivity index (χ0v) is 12.5. The number of hydrogen-bond donors (Lipinski definition) is 0. The largest absolute Gasteiger partial charge is 0.292 e. The molecule has 0 saturated carbocycles. The molecule has 0 atom stereocenters. The zero-order valence-electron chi connectivity index (χ0n) is 11.8. The summed E-state index contributed by atoms with van der Waals surface area (Å²) in [5.74, 6) is 1.71. The van der Waals surface area contributed by atoms with Crippen LogP contribution in [0.15, 0.2) is 6.33 Å². The molecule has 0 unspecified atom stereocenters. The van der Waals surface area contributed by atoms with Crippen molar-refractivity contribution >= 4 is 11.6 Å². The van der Waals surface area contributed by atoms with E-state index < -0.39 is 0 Å². The Morgan fingerprint density at radius 2 is 2.06 bits per heavy atom. The summed E-state index contributed by atoms with van der Waals surface area (Å²) in [7, 11) is 0. The predicted molar refractivity (Wildman–Crippen MR) is 75.8 cm³/mol. The van der Waals surface area contributed by atoms with Gasteiger partial charge in [0.05, 0.1) is 6.54 Å². The second-order valence-electron chi connectivity index (χ2n) is 4.53. The fourth-order valence-corrected chi connectivity index (χ4v) is 2.51. The summed E-state index contributed by atoms with van der Waals surface area (Å²) in [4.78, 5) is 6.79. The summed E-state index contributed by atoms with van der Waals surface area (Å²) in [5, 5.41) is 4.28. The summed E-state index contributed by atoms with van der Waals surface area (Å²) >= 11 is 5.91. The molecule has 0 saturated heterocycles. The Balaban J connectivity index is 2.72. The molecule has 0 amide bonds. The molecule has 0 aliphatic heterocycles. The first-order valence-electron chi connectivity index (χ1n) is 6.93. The van der Waals surface area contributed by atoms with Gasteiger partial charge in [-0.15, -0.1) is 11.6 Å². The van der Waals surface area contributed by atoms with Crippen LogP contribution in [0.5, 0.6) is 0 Å². The summed E-state index contributed by atoms with van der Waals surface area (Å²) in [6.07, 6.45) is 5.03. The number of rotatable bonds is 9. The van der Waals surface area contributed by atoms with E-state index in [1.54, 1.807) is 6.33 Å². The first-order valence-corrected chi connectivity index (χ1v) is 7.46. The third-order valence-electron chi connectivity index (χ3n) is 3.31. The van der Waals surface area contributed by atoms with Crippen molar-refractivity contribution in [2.75, 3.05) is 12.4 Å². The van der Waals surface area contributed by atoms with Crippen molar-refractivity contribution in [1.82, 2.24) is 19.7 Å². The van der Waals surface area contributed by atoms with E-state index in [1.807, 2.05) is 4.68 Å². The fraction of sp³-hybridized carbons (Fsp3) is 0.846. The normalized spacial score (nSPS) is 11.7. The molecule has 0 aromatic carbocycles. The Bertz CT molecular complexity index is 323. The van der Waals surface area contributed by atoms with Gasteiger partial charge in [0.1, 0.15) is 12.2 Å². The van der Waals surface area contributed by atoms with E-state index in [4.69, 9.17) is 11.6 Å². The molecule has 4 nitrogen and oxygen atoms in total. The molecule has 1 rings (SSSR count). The van der Waals surface area contributed by atoms with Gasteiger partial charge < -0.3 is 0 Å². The van der Waals surface area contributed by atoms with E-state index in [1.165, 1.54) is 0 Å². The molecule has 0 radical (unpaired) electrons. The topological polar surface area (TPSA) is 34.0 Å². The molecule has 0 bridgehead atoms. The fourth-order valence-electron chi connectivity index (χ4n) is 2.30. The molecule has 18 heavy (non-hydrogen) atoms. The number of aryl methyl sites for hydroxylation is 1. The standard InChI is InChI=1S/C13H25ClN4/c1-4-8-18-13(15-11-16-18)10-17(9-7-14)12(5-2)6-3/h11-12H,4-10H2,1-3H3. The monoisotopic (exact) mass is 272 g/mol. The molecular formula is C13H25ClN4. The molecule has 5 heteroatoms. The summed E-state index contributed by atoms with van der Waals surface area (Å²) in [6, 6.07) is 0.579. The highest BCUT2D eigenvalue weighted by molar-refractivity contribution is 6.18. The van der Waals surface area contributed by atoms with Gasteiger partial charge in [0.15, 0.2) is 0 Å². The maximum Gasteiger partial charge on any atom is 0.141 e. The molecule has 0 aliphatic rings. The minimum absolute atomic E-state index is 0.579. The molecule has 0 spiro atoms. The Hall–Kier alpha value is -0.610. The van der Waals surface area contributed by atoms with Gasteiger partial charge in [0, 0.05) is 25.0 Å². The quantitative estimate of drug-likeness (QED) is 0.648. The number of hydrogen-bond acceptors (Lipinski definition) is 3. The maximum atomic E-state index is 5.91. The van der Waals surface area contributed by atoms with Crippen LogP contribution in [0.2, 0.25) is 0 Å². The first kappa shape index (κ1) is 15.4. The predicted octanol–water partition coefficient (Wildman–Crippen LogP) is 2.92. The SMILES string of the molecule is CCCn1ncnc1CN(CCCl)C(CC)CC. The van der Waals surface area contributed by atoms with Crippen LogP contribution >= 0.6 is 11.6 Å². The highest BCUT2D eigenvalue weighted by Crippen LogP contribution is 2.12. The van der Waals surface area contributed by atoms with E-state index in [9.17, 15) is 0 Å². The average molecular weight is 273 g/mol. The lowest BCUT2D eigenvalue weighted by atomic mass is 10.1. The lowest BCUT2D eigenvalue weighted by molar-refractivity contribution is 0.180. The highest BCUT2D eigenvalue weighted by atomic mass is 35.5. The molecule has 0 aliphatic carbocycles. The minimum atomic E-state index is 0.579. The second-order valence-corrected chi connectivity index (χ2v) is 4.91. The van der Waals surface area contributed by atoms with E-state index >= 15 is 0 Å². The molecular weight excluding hydrogens is 248 g/mol. The lowest BCUT2D eigenvalue weighted by Crippen LogP contribution is -2.36. The highest BCUT2D eigenvalue weighted by Gasteiger charge is 2.17. The van der Waals surface area contributed by atoms with Gasteiger partial charge in [-0.3, -0.25) is 4.90 Å². The van der Waals surface area contributed by atoms with Gasteiger partial charge in [-0.25, -0.2) is 9.67 Å². The number of aromatic nitrogens is 3. The van der Waals surface area contributed by atoms with Crippen LogP contribution in [0.4, 0.5) is 0 Å². The van der Waals surface area contributed by atoms with Crippen molar-refractivity contribution in [2.45, 2.75) is 59.2 Å². The number of nitrogens with zero attached hydrogens (tertiary/aromatic N) is 4. The van der Waals surface area contributed by atoms with E-state index in [0.29, 0.717) is 11.9 Å². The molecule has 1 aromatic rings. The second kappa shape index (κ2) is 8.48. The molecule has 1 aromatic heterocycles. The number of halogens is 1. The molecule has 1 heterocycles. The van der Waals surface area contributed by atoms with Gasteiger partial charge in [0.25, 0.3) is 0 Å². The van der Waals surface area contributed by atoms with Gasteiger partial charge in [-0.1, -0.05) is 20.8 Å². The minimum Gasteiger partial charge on any atom is -0.292 e. The van der Waals surface area contributed by atoms with Gasteiger partial charge >= 0.3 is 0 Å². The molecule has 0 fully saturated rings. The summed E-state index contributed by atoms with van der Waals surface area (Å²) < 4.78 is 2.00. The summed E-state index contributed by atoms with van der Waals surface area (Å²) in [5.41, 5.74) is 0. The van der Waals surface area contributed by atoms with Gasteiger partial charge in [-0.2, -0.15) is 5.10 Å². The van der Waals surface area contributed by atoms with Crippen LogP contribution < -0.4 is 0 Å². The van der Waals surface area contributed by atoms with Crippen molar-refractivity contribution in [3.63, 3.8) is 0 Å². The zero-order chi connectivity index (χ0) is 13.4. The Labute approximate surface area is 115 Å². The van der Waals surface area contributed by atoms with Crippen molar-refractivity contribution in [1.29, 1.82) is 0 Å². The summed E-state index contributed by atoms with van der Waals surface area (Å²) in [6.45, 7) is 9.31. The Kier molecular flexibility index (Phi) is 7.28. The van der Waals surface area contributed by atoms with Crippen LogP contribution in [0, 0.1) is 0 Å². The van der Waals surface area contributed by atoms with Gasteiger partial charge in [0.2, 0.25) is 0 Å². The average Bonchev–Trinajstić information content (AvgIpc) is 2.79. The van der Waals surface area contributed by atoms with E-state index in [-0.39, 0.29) is 0 Å². The van der Waals surface area contributed by atoms with Crippen LogP contribution in [0.3, 0.4) is 0 Å². The van der Waals surface area contributed by atoms with Gasteiger partial charge in [-0.05, 0) is 19.3 Å². The molecule has 104 valence electrons. The molecule has 0 N–H and O–H groups in total. The maximum absolute atomic E-state index is 5.91. The smallest absolute Gasteiger partial charge is 0.141 e. The lowest BCUT2D eigenvalue weighted by Gasteiger charge is -2.29. The Morgan fingerprint density at radius 1 is 1.33 bits per heavy atom. The Morgan fingerprint density at radius 3 is 2.61 bits per heavy atom. The number of alkyl halides is 1. The van der Waals surface area contributed by atoms with Crippen LogP contribution in [-0.4, -0.2) is 38.1 Å². The third-order valence-corrected chi connectivity index (χ3v) is 3.48.